The highest BCUT2D eigenvalue weighted by atomic mass is 16.5. The van der Waals surface area contributed by atoms with Crippen molar-refractivity contribution in [1.82, 2.24) is 0 Å². The molecule has 1 fully saturated rings. The topological polar surface area (TPSA) is 9.23 Å². The Bertz CT molecular complexity index is 180. The predicted octanol–water partition coefficient (Wildman–Crippen LogP) is 2.21. The number of rotatable bonds is 1. The predicted molar refractivity (Wildman–Crippen MR) is 46.2 cm³/mol. The van der Waals surface area contributed by atoms with Gasteiger partial charge in [-0.15, -0.1) is 6.42 Å². The number of hydrogen-bond acceptors (Lipinski definition) is 1. The Labute approximate surface area is 69.1 Å². The highest BCUT2D eigenvalue weighted by Crippen LogP contribution is 2.37. The summed E-state index contributed by atoms with van der Waals surface area (Å²) in [7, 11) is 0. The molecule has 1 aliphatic rings. The van der Waals surface area contributed by atoms with E-state index in [9.17, 15) is 0 Å². The van der Waals surface area contributed by atoms with Gasteiger partial charge in [-0.2, -0.15) is 0 Å². The van der Waals surface area contributed by atoms with Crippen LogP contribution in [0.25, 0.3) is 0 Å². The van der Waals surface area contributed by atoms with Crippen molar-refractivity contribution in [2.75, 3.05) is 0 Å². The summed E-state index contributed by atoms with van der Waals surface area (Å²) in [6, 6.07) is 0. The van der Waals surface area contributed by atoms with Crippen molar-refractivity contribution < 1.29 is 4.74 Å². The number of terminal acetylenes is 1. The zero-order valence-corrected chi connectivity index (χ0v) is 7.55. The van der Waals surface area contributed by atoms with Gasteiger partial charge in [-0.05, 0) is 25.7 Å². The minimum Gasteiger partial charge on any atom is -0.359 e. The quantitative estimate of drug-likeness (QED) is 0.523. The first kappa shape index (κ1) is 8.62. The second-order valence-electron chi connectivity index (χ2n) is 3.45. The Morgan fingerprint density at radius 3 is 2.45 bits per heavy atom. The van der Waals surface area contributed by atoms with Gasteiger partial charge in [-0.25, -0.2) is 0 Å². The highest BCUT2D eigenvalue weighted by Gasteiger charge is 2.41. The Kier molecular flexibility index (Phi) is 2.25. The second-order valence-corrected chi connectivity index (χ2v) is 3.45. The van der Waals surface area contributed by atoms with E-state index in [1.54, 1.807) is 0 Å². The summed E-state index contributed by atoms with van der Waals surface area (Å²) < 4.78 is 5.72. The van der Waals surface area contributed by atoms with Gasteiger partial charge in [-0.1, -0.05) is 19.8 Å². The highest BCUT2D eigenvalue weighted by molar-refractivity contribution is 5.13. The van der Waals surface area contributed by atoms with Gasteiger partial charge >= 0.3 is 0 Å². The SMILES string of the molecule is C#C[C@]1(CC)OC(C)C[C@@H]1C. The second kappa shape index (κ2) is 2.87. The molecule has 1 rings (SSSR count). The van der Waals surface area contributed by atoms with Crippen LogP contribution in [0, 0.1) is 18.3 Å². The Morgan fingerprint density at radius 2 is 2.27 bits per heavy atom. The molecule has 0 radical (unpaired) electrons. The Morgan fingerprint density at radius 1 is 1.64 bits per heavy atom. The molecule has 0 saturated carbocycles. The van der Waals surface area contributed by atoms with E-state index in [1.807, 2.05) is 0 Å². The van der Waals surface area contributed by atoms with E-state index >= 15 is 0 Å². The molecule has 0 aromatic carbocycles. The van der Waals surface area contributed by atoms with Crippen LogP contribution < -0.4 is 0 Å². The molecule has 11 heavy (non-hydrogen) atoms. The molecule has 0 aromatic rings. The zero-order valence-electron chi connectivity index (χ0n) is 7.55. The van der Waals surface area contributed by atoms with Crippen molar-refractivity contribution in [1.29, 1.82) is 0 Å². The van der Waals surface area contributed by atoms with Crippen molar-refractivity contribution >= 4 is 0 Å². The van der Waals surface area contributed by atoms with Crippen molar-refractivity contribution in [2.45, 2.75) is 45.3 Å². The standard InChI is InChI=1S/C10H16O/c1-5-10(6-2)8(3)7-9(4)11-10/h1,8-9H,6-7H2,2-4H3/t8-,9?,10+/m0/s1. The third kappa shape index (κ3) is 1.28. The van der Waals surface area contributed by atoms with Gasteiger partial charge in [0.05, 0.1) is 6.10 Å². The lowest BCUT2D eigenvalue weighted by atomic mass is 9.87. The first-order valence-electron chi connectivity index (χ1n) is 4.30. The van der Waals surface area contributed by atoms with Crippen molar-refractivity contribution in [3.63, 3.8) is 0 Å². The van der Waals surface area contributed by atoms with Crippen molar-refractivity contribution in [3.05, 3.63) is 0 Å². The fraction of sp³-hybridized carbons (Fsp3) is 0.800. The van der Waals surface area contributed by atoms with Gasteiger partial charge in [-0.3, -0.25) is 0 Å². The molecule has 1 heterocycles. The van der Waals surface area contributed by atoms with Crippen molar-refractivity contribution in [2.24, 2.45) is 5.92 Å². The van der Waals surface area contributed by atoms with Crippen LogP contribution in [0.3, 0.4) is 0 Å². The van der Waals surface area contributed by atoms with E-state index in [2.05, 4.69) is 26.7 Å². The lowest BCUT2D eigenvalue weighted by Crippen LogP contribution is -2.31. The van der Waals surface area contributed by atoms with E-state index in [0.717, 1.165) is 12.8 Å². The fourth-order valence-corrected chi connectivity index (χ4v) is 1.92. The van der Waals surface area contributed by atoms with Crippen LogP contribution >= 0.6 is 0 Å². The minimum atomic E-state index is -0.264. The van der Waals surface area contributed by atoms with Crippen LogP contribution in [0.5, 0.6) is 0 Å². The molecule has 0 amide bonds. The summed E-state index contributed by atoms with van der Waals surface area (Å²) in [4.78, 5) is 0. The van der Waals surface area contributed by atoms with E-state index in [4.69, 9.17) is 11.2 Å². The van der Waals surface area contributed by atoms with Crippen LogP contribution in [-0.2, 0) is 4.74 Å². The molecule has 0 aliphatic carbocycles. The van der Waals surface area contributed by atoms with Gasteiger partial charge in [0, 0.05) is 0 Å². The molecule has 0 spiro atoms. The average molecular weight is 152 g/mol. The van der Waals surface area contributed by atoms with E-state index in [0.29, 0.717) is 12.0 Å². The maximum absolute atomic E-state index is 5.72. The van der Waals surface area contributed by atoms with E-state index < -0.39 is 0 Å². The first-order chi connectivity index (χ1) is 5.14. The largest absolute Gasteiger partial charge is 0.359 e. The minimum absolute atomic E-state index is 0.264. The van der Waals surface area contributed by atoms with Gasteiger partial charge in [0.15, 0.2) is 0 Å². The molecule has 0 N–H and O–H groups in total. The van der Waals surface area contributed by atoms with E-state index in [1.165, 1.54) is 0 Å². The van der Waals surface area contributed by atoms with Crippen LogP contribution in [0.2, 0.25) is 0 Å². The Hall–Kier alpha value is -0.480. The summed E-state index contributed by atoms with van der Waals surface area (Å²) in [5, 5.41) is 0. The molecule has 3 atom stereocenters. The van der Waals surface area contributed by atoms with Crippen molar-refractivity contribution in [3.8, 4) is 12.3 Å². The van der Waals surface area contributed by atoms with Crippen LogP contribution in [0.15, 0.2) is 0 Å². The molecule has 1 aliphatic heterocycles. The summed E-state index contributed by atoms with van der Waals surface area (Å²) in [5.41, 5.74) is -0.264. The normalized spacial score (nSPS) is 43.8. The third-order valence-electron chi connectivity index (χ3n) is 2.66. The fourth-order valence-electron chi connectivity index (χ4n) is 1.92. The molecule has 0 bridgehead atoms. The molecule has 1 nitrogen and oxygen atoms in total. The molecular formula is C10H16O. The average Bonchev–Trinajstić information content (AvgIpc) is 2.27. The summed E-state index contributed by atoms with van der Waals surface area (Å²) >= 11 is 0. The molecule has 1 heteroatoms. The van der Waals surface area contributed by atoms with Crippen LogP contribution in [0.1, 0.15) is 33.6 Å². The zero-order chi connectivity index (χ0) is 8.48. The smallest absolute Gasteiger partial charge is 0.131 e. The molecular weight excluding hydrogens is 136 g/mol. The van der Waals surface area contributed by atoms with Gasteiger partial charge < -0.3 is 4.74 Å². The maximum atomic E-state index is 5.72. The maximum Gasteiger partial charge on any atom is 0.131 e. The lowest BCUT2D eigenvalue weighted by Gasteiger charge is -2.25. The number of hydrogen-bond donors (Lipinski definition) is 0. The molecule has 62 valence electrons. The lowest BCUT2D eigenvalue weighted by molar-refractivity contribution is -0.00818. The molecule has 1 saturated heterocycles. The van der Waals surface area contributed by atoms with Gasteiger partial charge in [0.2, 0.25) is 0 Å². The summed E-state index contributed by atoms with van der Waals surface area (Å²) in [5.74, 6) is 3.29. The number of ether oxygens (including phenoxy) is 1. The van der Waals surface area contributed by atoms with Crippen LogP contribution in [0.4, 0.5) is 0 Å². The Balaban J connectivity index is 2.78. The molecule has 1 unspecified atom stereocenters. The molecule has 0 aromatic heterocycles. The third-order valence-corrected chi connectivity index (χ3v) is 2.66. The van der Waals surface area contributed by atoms with Gasteiger partial charge in [0.25, 0.3) is 0 Å². The van der Waals surface area contributed by atoms with Crippen LogP contribution in [-0.4, -0.2) is 11.7 Å². The van der Waals surface area contributed by atoms with E-state index in [-0.39, 0.29) is 5.60 Å². The summed E-state index contributed by atoms with van der Waals surface area (Å²) in [6.07, 6.45) is 7.81. The summed E-state index contributed by atoms with van der Waals surface area (Å²) in [6.45, 7) is 6.35. The monoisotopic (exact) mass is 152 g/mol. The first-order valence-corrected chi connectivity index (χ1v) is 4.30. The van der Waals surface area contributed by atoms with Gasteiger partial charge in [0.1, 0.15) is 5.60 Å².